The molecular formula is C11H19N3O2. The average Bonchev–Trinajstić information content (AvgIpc) is 2.64. The fourth-order valence-electron chi connectivity index (χ4n) is 1.58. The van der Waals surface area contributed by atoms with Crippen LogP contribution in [-0.4, -0.2) is 33.4 Å². The van der Waals surface area contributed by atoms with Crippen molar-refractivity contribution in [2.75, 3.05) is 6.54 Å². The summed E-state index contributed by atoms with van der Waals surface area (Å²) in [7, 11) is 0. The molecule has 1 aromatic heterocycles. The van der Waals surface area contributed by atoms with Crippen LogP contribution in [0.15, 0.2) is 12.3 Å². The van der Waals surface area contributed by atoms with Crippen molar-refractivity contribution in [1.29, 1.82) is 0 Å². The first-order valence-electron chi connectivity index (χ1n) is 5.54. The van der Waals surface area contributed by atoms with Gasteiger partial charge in [-0.2, -0.15) is 5.10 Å². The summed E-state index contributed by atoms with van der Waals surface area (Å²) in [4.78, 5) is 11.1. The van der Waals surface area contributed by atoms with Crippen molar-refractivity contribution in [2.24, 2.45) is 0 Å². The monoisotopic (exact) mass is 225 g/mol. The van der Waals surface area contributed by atoms with Crippen LogP contribution in [-0.2, 0) is 4.79 Å². The zero-order valence-electron chi connectivity index (χ0n) is 9.97. The van der Waals surface area contributed by atoms with E-state index in [1.54, 1.807) is 4.68 Å². The van der Waals surface area contributed by atoms with Crippen molar-refractivity contribution in [3.05, 3.63) is 18.0 Å². The number of hydrogen-bond acceptors (Lipinski definition) is 3. The Morgan fingerprint density at radius 3 is 2.81 bits per heavy atom. The molecule has 2 unspecified atom stereocenters. The summed E-state index contributed by atoms with van der Waals surface area (Å²) in [5.74, 6) is -0.839. The summed E-state index contributed by atoms with van der Waals surface area (Å²) in [6, 6.07) is 1.08. The lowest BCUT2D eigenvalue weighted by Crippen LogP contribution is -2.43. The highest BCUT2D eigenvalue weighted by Crippen LogP contribution is 2.11. The van der Waals surface area contributed by atoms with E-state index in [-0.39, 0.29) is 6.04 Å². The second-order valence-corrected chi connectivity index (χ2v) is 3.95. The lowest BCUT2D eigenvalue weighted by molar-refractivity contribution is -0.140. The van der Waals surface area contributed by atoms with Gasteiger partial charge in [-0.15, -0.1) is 0 Å². The van der Waals surface area contributed by atoms with Crippen LogP contribution in [0.1, 0.15) is 32.0 Å². The second kappa shape index (κ2) is 5.65. The minimum Gasteiger partial charge on any atom is -0.480 e. The Hall–Kier alpha value is -1.36. The Labute approximate surface area is 95.5 Å². The summed E-state index contributed by atoms with van der Waals surface area (Å²) in [5.41, 5.74) is 0.895. The molecule has 2 N–H and O–H groups in total. The Bertz CT molecular complexity index is 349. The highest BCUT2D eigenvalue weighted by atomic mass is 16.4. The van der Waals surface area contributed by atoms with E-state index in [4.69, 9.17) is 5.11 Å². The molecule has 5 heteroatoms. The van der Waals surface area contributed by atoms with Crippen LogP contribution < -0.4 is 5.32 Å². The Balaban J connectivity index is 2.74. The number of carbonyl (C=O) groups is 1. The molecule has 0 saturated heterocycles. The second-order valence-electron chi connectivity index (χ2n) is 3.95. The SMILES string of the molecule is CCCNC(C(=O)O)C(C)n1ccc(C)n1. The van der Waals surface area contributed by atoms with Gasteiger partial charge in [-0.3, -0.25) is 9.48 Å². The fourth-order valence-corrected chi connectivity index (χ4v) is 1.58. The molecule has 0 aromatic carbocycles. The quantitative estimate of drug-likeness (QED) is 0.763. The number of rotatable bonds is 6. The average molecular weight is 225 g/mol. The predicted molar refractivity (Wildman–Crippen MR) is 61.4 cm³/mol. The van der Waals surface area contributed by atoms with Gasteiger partial charge in [-0.1, -0.05) is 6.92 Å². The molecule has 0 amide bonds. The molecule has 1 heterocycles. The van der Waals surface area contributed by atoms with Gasteiger partial charge in [0.15, 0.2) is 0 Å². The predicted octanol–water partition coefficient (Wildman–Crippen LogP) is 1.21. The molecule has 2 atom stereocenters. The molecule has 0 spiro atoms. The van der Waals surface area contributed by atoms with E-state index in [1.807, 2.05) is 33.0 Å². The molecule has 16 heavy (non-hydrogen) atoms. The molecule has 0 aliphatic heterocycles. The molecule has 0 aliphatic carbocycles. The van der Waals surface area contributed by atoms with Crippen molar-refractivity contribution in [3.8, 4) is 0 Å². The summed E-state index contributed by atoms with van der Waals surface area (Å²) in [5, 5.41) is 16.4. The highest BCUT2D eigenvalue weighted by molar-refractivity contribution is 5.74. The number of nitrogens with zero attached hydrogens (tertiary/aromatic N) is 2. The van der Waals surface area contributed by atoms with Gasteiger partial charge in [0.25, 0.3) is 0 Å². The van der Waals surface area contributed by atoms with Crippen LogP contribution in [0.4, 0.5) is 0 Å². The lowest BCUT2D eigenvalue weighted by atomic mass is 10.1. The minimum absolute atomic E-state index is 0.197. The van der Waals surface area contributed by atoms with Gasteiger partial charge in [0.1, 0.15) is 6.04 Å². The van der Waals surface area contributed by atoms with Crippen molar-refractivity contribution in [3.63, 3.8) is 0 Å². The maximum atomic E-state index is 11.1. The van der Waals surface area contributed by atoms with E-state index < -0.39 is 12.0 Å². The standard InChI is InChI=1S/C11H19N3O2/c1-4-6-12-10(11(15)16)9(3)14-7-5-8(2)13-14/h5,7,9-10,12H,4,6H2,1-3H3,(H,15,16). The van der Waals surface area contributed by atoms with Crippen LogP contribution in [0.2, 0.25) is 0 Å². The zero-order chi connectivity index (χ0) is 12.1. The number of hydrogen-bond donors (Lipinski definition) is 2. The number of carboxylic acids is 1. The summed E-state index contributed by atoms with van der Waals surface area (Å²) < 4.78 is 1.69. The number of aromatic nitrogens is 2. The van der Waals surface area contributed by atoms with Crippen LogP contribution in [0, 0.1) is 6.92 Å². The molecule has 90 valence electrons. The van der Waals surface area contributed by atoms with Gasteiger partial charge in [-0.25, -0.2) is 0 Å². The summed E-state index contributed by atoms with van der Waals surface area (Å²) in [6.45, 7) is 6.45. The van der Waals surface area contributed by atoms with E-state index in [2.05, 4.69) is 10.4 Å². The molecule has 0 aliphatic rings. The number of aryl methyl sites for hydroxylation is 1. The number of carboxylic acid groups (broad SMARTS) is 1. The number of aliphatic carboxylic acids is 1. The van der Waals surface area contributed by atoms with Crippen molar-refractivity contribution in [1.82, 2.24) is 15.1 Å². The Morgan fingerprint density at radius 2 is 2.38 bits per heavy atom. The first kappa shape index (κ1) is 12.7. The van der Waals surface area contributed by atoms with E-state index in [9.17, 15) is 4.79 Å². The third kappa shape index (κ3) is 3.06. The lowest BCUT2D eigenvalue weighted by Gasteiger charge is -2.21. The van der Waals surface area contributed by atoms with Gasteiger partial charge in [0.05, 0.1) is 11.7 Å². The van der Waals surface area contributed by atoms with Crippen molar-refractivity contribution in [2.45, 2.75) is 39.3 Å². The Morgan fingerprint density at radius 1 is 1.69 bits per heavy atom. The van der Waals surface area contributed by atoms with Crippen LogP contribution >= 0.6 is 0 Å². The first-order valence-corrected chi connectivity index (χ1v) is 5.54. The van der Waals surface area contributed by atoms with Gasteiger partial charge in [0, 0.05) is 6.20 Å². The molecule has 0 fully saturated rings. The topological polar surface area (TPSA) is 67.2 Å². The summed E-state index contributed by atoms with van der Waals surface area (Å²) in [6.07, 6.45) is 2.72. The molecule has 0 radical (unpaired) electrons. The van der Waals surface area contributed by atoms with Crippen LogP contribution in [0.5, 0.6) is 0 Å². The van der Waals surface area contributed by atoms with Crippen LogP contribution in [0.25, 0.3) is 0 Å². The maximum Gasteiger partial charge on any atom is 0.322 e. The normalized spacial score (nSPS) is 14.7. The van der Waals surface area contributed by atoms with Gasteiger partial charge in [0.2, 0.25) is 0 Å². The minimum atomic E-state index is -0.839. The summed E-state index contributed by atoms with van der Waals surface area (Å²) >= 11 is 0. The van der Waals surface area contributed by atoms with Crippen molar-refractivity contribution < 1.29 is 9.90 Å². The van der Waals surface area contributed by atoms with Crippen molar-refractivity contribution >= 4 is 5.97 Å². The molecule has 1 rings (SSSR count). The van der Waals surface area contributed by atoms with E-state index in [0.717, 1.165) is 12.1 Å². The molecule has 0 saturated carbocycles. The molecule has 0 bridgehead atoms. The largest absolute Gasteiger partial charge is 0.480 e. The van der Waals surface area contributed by atoms with Crippen LogP contribution in [0.3, 0.4) is 0 Å². The highest BCUT2D eigenvalue weighted by Gasteiger charge is 2.25. The number of nitrogens with one attached hydrogen (secondary N) is 1. The smallest absolute Gasteiger partial charge is 0.322 e. The molecular weight excluding hydrogens is 206 g/mol. The van der Waals surface area contributed by atoms with Gasteiger partial charge >= 0.3 is 5.97 Å². The van der Waals surface area contributed by atoms with E-state index in [0.29, 0.717) is 6.54 Å². The van der Waals surface area contributed by atoms with Gasteiger partial charge < -0.3 is 10.4 Å². The fraction of sp³-hybridized carbons (Fsp3) is 0.636. The maximum absolute atomic E-state index is 11.1. The Kier molecular flexibility index (Phi) is 4.49. The zero-order valence-corrected chi connectivity index (χ0v) is 9.97. The third-order valence-electron chi connectivity index (χ3n) is 2.52. The molecule has 1 aromatic rings. The van der Waals surface area contributed by atoms with Gasteiger partial charge in [-0.05, 0) is 32.9 Å². The molecule has 5 nitrogen and oxygen atoms in total. The van der Waals surface area contributed by atoms with E-state index in [1.165, 1.54) is 0 Å². The first-order chi connectivity index (χ1) is 7.56. The third-order valence-corrected chi connectivity index (χ3v) is 2.52. The van der Waals surface area contributed by atoms with E-state index >= 15 is 0 Å².